The molecule has 0 amide bonds. The summed E-state index contributed by atoms with van der Waals surface area (Å²) in [6, 6.07) is 18.8. The van der Waals surface area contributed by atoms with Gasteiger partial charge in [-0.05, 0) is 41.5 Å². The third kappa shape index (κ3) is 3.39. The summed E-state index contributed by atoms with van der Waals surface area (Å²) in [7, 11) is 0. The van der Waals surface area contributed by atoms with Gasteiger partial charge in [0.25, 0.3) is 5.56 Å². The highest BCUT2D eigenvalue weighted by atomic mass is 35.5. The highest BCUT2D eigenvalue weighted by Crippen LogP contribution is 2.20. The molecule has 0 aliphatic heterocycles. The third-order valence-electron chi connectivity index (χ3n) is 3.71. The van der Waals surface area contributed by atoms with E-state index in [0.29, 0.717) is 11.6 Å². The number of benzene rings is 2. The molecule has 0 saturated heterocycles. The van der Waals surface area contributed by atoms with E-state index in [4.69, 9.17) is 16.7 Å². The second kappa shape index (κ2) is 6.72. The van der Waals surface area contributed by atoms with Crippen molar-refractivity contribution >= 4 is 17.6 Å². The van der Waals surface area contributed by atoms with Gasteiger partial charge in [-0.15, -0.1) is 0 Å². The van der Waals surface area contributed by atoms with Crippen molar-refractivity contribution in [1.82, 2.24) is 4.57 Å². The molecule has 1 heterocycles. The fraction of sp³-hybridized carbons (Fsp3) is 0.0526. The number of carbonyl (C=O) groups is 1. The minimum absolute atomic E-state index is 0.130. The van der Waals surface area contributed by atoms with Crippen LogP contribution in [0.25, 0.3) is 11.3 Å². The molecule has 0 aliphatic rings. The lowest BCUT2D eigenvalue weighted by atomic mass is 10.1. The number of hydrogen-bond acceptors (Lipinski definition) is 2. The maximum Gasteiger partial charge on any atom is 0.335 e. The first-order chi connectivity index (χ1) is 11.5. The van der Waals surface area contributed by atoms with Gasteiger partial charge in [-0.25, -0.2) is 4.79 Å². The number of pyridine rings is 1. The van der Waals surface area contributed by atoms with Crippen molar-refractivity contribution in [2.75, 3.05) is 0 Å². The van der Waals surface area contributed by atoms with Crippen LogP contribution in [0.5, 0.6) is 0 Å². The SMILES string of the molecule is O=C(O)c1ccc(-c2cccc(=O)n2Cc2cccc(Cl)c2)cc1. The normalized spacial score (nSPS) is 10.5. The van der Waals surface area contributed by atoms with E-state index in [1.165, 1.54) is 18.2 Å². The lowest BCUT2D eigenvalue weighted by Gasteiger charge is -2.13. The molecular formula is C19H14ClNO3. The molecule has 3 aromatic rings. The number of hydrogen-bond donors (Lipinski definition) is 1. The van der Waals surface area contributed by atoms with Gasteiger partial charge in [-0.3, -0.25) is 4.79 Å². The van der Waals surface area contributed by atoms with Crippen LogP contribution in [0, 0.1) is 0 Å². The number of nitrogens with zero attached hydrogens (tertiary/aromatic N) is 1. The molecule has 0 saturated carbocycles. The van der Waals surface area contributed by atoms with E-state index in [-0.39, 0.29) is 11.1 Å². The number of carboxylic acid groups (broad SMARTS) is 1. The molecule has 1 N–H and O–H groups in total. The van der Waals surface area contributed by atoms with Gasteiger partial charge in [0.2, 0.25) is 0 Å². The van der Waals surface area contributed by atoms with E-state index < -0.39 is 5.97 Å². The summed E-state index contributed by atoms with van der Waals surface area (Å²) in [5, 5.41) is 9.61. The maximum atomic E-state index is 12.3. The number of aromatic nitrogens is 1. The molecule has 0 aliphatic carbocycles. The van der Waals surface area contributed by atoms with Crippen molar-refractivity contribution in [3.05, 3.63) is 93.2 Å². The summed E-state index contributed by atoms with van der Waals surface area (Å²) in [5.74, 6) is -0.981. The quantitative estimate of drug-likeness (QED) is 0.783. The van der Waals surface area contributed by atoms with Crippen LogP contribution in [0.2, 0.25) is 5.02 Å². The standard InChI is InChI=1S/C19H14ClNO3/c20-16-4-1-3-13(11-16)12-21-17(5-2-6-18(21)22)14-7-9-15(10-8-14)19(23)24/h1-11H,12H2,(H,23,24). The fourth-order valence-corrected chi connectivity index (χ4v) is 2.75. The molecule has 1 aromatic heterocycles. The minimum Gasteiger partial charge on any atom is -0.478 e. The Hall–Kier alpha value is -2.85. The molecule has 0 fully saturated rings. The van der Waals surface area contributed by atoms with E-state index in [0.717, 1.165) is 16.8 Å². The molecule has 0 atom stereocenters. The van der Waals surface area contributed by atoms with E-state index in [1.807, 2.05) is 24.3 Å². The topological polar surface area (TPSA) is 59.3 Å². The van der Waals surface area contributed by atoms with E-state index in [2.05, 4.69) is 0 Å². The molecule has 2 aromatic carbocycles. The Labute approximate surface area is 143 Å². The van der Waals surface area contributed by atoms with Crippen LogP contribution in [0.3, 0.4) is 0 Å². The van der Waals surface area contributed by atoms with Crippen LogP contribution in [0.1, 0.15) is 15.9 Å². The fourth-order valence-electron chi connectivity index (χ4n) is 2.54. The predicted octanol–water partition coefficient (Wildman–Crippen LogP) is 3.92. The van der Waals surface area contributed by atoms with Crippen molar-refractivity contribution in [2.45, 2.75) is 6.54 Å². The predicted molar refractivity (Wildman–Crippen MR) is 93.7 cm³/mol. The summed E-state index contributed by atoms with van der Waals surface area (Å²) in [6.07, 6.45) is 0. The van der Waals surface area contributed by atoms with Gasteiger partial charge in [-0.2, -0.15) is 0 Å². The molecule has 4 nitrogen and oxygen atoms in total. The van der Waals surface area contributed by atoms with Gasteiger partial charge in [0.05, 0.1) is 17.8 Å². The molecular weight excluding hydrogens is 326 g/mol. The van der Waals surface area contributed by atoms with Crippen LogP contribution < -0.4 is 5.56 Å². The van der Waals surface area contributed by atoms with Crippen LogP contribution in [0.15, 0.2) is 71.5 Å². The van der Waals surface area contributed by atoms with Gasteiger partial charge in [0, 0.05) is 11.1 Å². The summed E-state index contributed by atoms with van der Waals surface area (Å²) < 4.78 is 1.64. The number of carboxylic acids is 1. The first kappa shape index (κ1) is 16.0. The molecule has 0 unspecified atom stereocenters. The van der Waals surface area contributed by atoms with Gasteiger partial charge >= 0.3 is 5.97 Å². The lowest BCUT2D eigenvalue weighted by Crippen LogP contribution is -2.21. The second-order valence-electron chi connectivity index (χ2n) is 5.35. The molecule has 0 bridgehead atoms. The Balaban J connectivity index is 2.04. The average molecular weight is 340 g/mol. The molecule has 3 rings (SSSR count). The molecule has 120 valence electrons. The molecule has 0 spiro atoms. The smallest absolute Gasteiger partial charge is 0.335 e. The van der Waals surface area contributed by atoms with Gasteiger partial charge in [0.1, 0.15) is 0 Å². The highest BCUT2D eigenvalue weighted by Gasteiger charge is 2.09. The largest absolute Gasteiger partial charge is 0.478 e. The zero-order chi connectivity index (χ0) is 17.1. The average Bonchev–Trinajstić information content (AvgIpc) is 2.57. The minimum atomic E-state index is -0.981. The summed E-state index contributed by atoms with van der Waals surface area (Å²) >= 11 is 6.01. The molecule has 0 radical (unpaired) electrons. The van der Waals surface area contributed by atoms with Crippen LogP contribution in [-0.4, -0.2) is 15.6 Å². The van der Waals surface area contributed by atoms with Crippen molar-refractivity contribution in [3.63, 3.8) is 0 Å². The van der Waals surface area contributed by atoms with Gasteiger partial charge in [0.15, 0.2) is 0 Å². The van der Waals surface area contributed by atoms with Crippen molar-refractivity contribution < 1.29 is 9.90 Å². The first-order valence-electron chi connectivity index (χ1n) is 7.32. The molecule has 24 heavy (non-hydrogen) atoms. The Morgan fingerprint density at radius 3 is 2.38 bits per heavy atom. The number of rotatable bonds is 4. The highest BCUT2D eigenvalue weighted by molar-refractivity contribution is 6.30. The van der Waals surface area contributed by atoms with Crippen molar-refractivity contribution in [1.29, 1.82) is 0 Å². The Bertz CT molecular complexity index is 945. The van der Waals surface area contributed by atoms with Gasteiger partial charge < -0.3 is 9.67 Å². The maximum absolute atomic E-state index is 12.3. The Morgan fingerprint density at radius 1 is 1.00 bits per heavy atom. The van der Waals surface area contributed by atoms with E-state index >= 15 is 0 Å². The number of aromatic carboxylic acids is 1. The van der Waals surface area contributed by atoms with Crippen LogP contribution >= 0.6 is 11.6 Å². The van der Waals surface area contributed by atoms with E-state index in [9.17, 15) is 9.59 Å². The van der Waals surface area contributed by atoms with Crippen molar-refractivity contribution in [2.24, 2.45) is 0 Å². The number of halogens is 1. The lowest BCUT2D eigenvalue weighted by molar-refractivity contribution is 0.0697. The molecule has 5 heteroatoms. The Morgan fingerprint density at radius 2 is 1.71 bits per heavy atom. The van der Waals surface area contributed by atoms with Crippen LogP contribution in [0.4, 0.5) is 0 Å². The van der Waals surface area contributed by atoms with Crippen molar-refractivity contribution in [3.8, 4) is 11.3 Å². The zero-order valence-electron chi connectivity index (χ0n) is 12.6. The summed E-state index contributed by atoms with van der Waals surface area (Å²) in [4.78, 5) is 23.3. The van der Waals surface area contributed by atoms with Crippen LogP contribution in [-0.2, 0) is 6.54 Å². The summed E-state index contributed by atoms with van der Waals surface area (Å²) in [6.45, 7) is 0.385. The summed E-state index contributed by atoms with van der Waals surface area (Å²) in [5.41, 5.74) is 2.49. The Kier molecular flexibility index (Phi) is 4.49. The zero-order valence-corrected chi connectivity index (χ0v) is 13.4. The second-order valence-corrected chi connectivity index (χ2v) is 5.78. The van der Waals surface area contributed by atoms with E-state index in [1.54, 1.807) is 28.8 Å². The monoisotopic (exact) mass is 339 g/mol. The third-order valence-corrected chi connectivity index (χ3v) is 3.94. The first-order valence-corrected chi connectivity index (χ1v) is 7.70. The van der Waals surface area contributed by atoms with Gasteiger partial charge in [-0.1, -0.05) is 41.9 Å².